The summed E-state index contributed by atoms with van der Waals surface area (Å²) in [5.41, 5.74) is 0.352. The number of fused-ring (bicyclic) bond motifs is 1. The zero-order valence-corrected chi connectivity index (χ0v) is 20.9. The van der Waals surface area contributed by atoms with Crippen molar-refractivity contribution in [2.75, 3.05) is 7.11 Å². The van der Waals surface area contributed by atoms with Crippen molar-refractivity contribution in [1.82, 2.24) is 0 Å². The number of methoxy groups -OCH3 is 1. The summed E-state index contributed by atoms with van der Waals surface area (Å²) >= 11 is 1.96. The van der Waals surface area contributed by atoms with Gasteiger partial charge in [-0.3, -0.25) is 4.79 Å². The molecule has 3 rings (SSSR count). The van der Waals surface area contributed by atoms with Crippen molar-refractivity contribution < 1.29 is 9.53 Å². The van der Waals surface area contributed by atoms with Crippen molar-refractivity contribution in [2.45, 2.75) is 127 Å². The van der Waals surface area contributed by atoms with E-state index in [9.17, 15) is 4.79 Å². The van der Waals surface area contributed by atoms with E-state index in [1.807, 2.05) is 11.3 Å². The van der Waals surface area contributed by atoms with Crippen molar-refractivity contribution in [3.05, 3.63) is 22.4 Å². The van der Waals surface area contributed by atoms with Crippen LogP contribution in [0.3, 0.4) is 0 Å². The first kappa shape index (κ1) is 24.8. The molecule has 176 valence electrons. The highest BCUT2D eigenvalue weighted by Gasteiger charge is 2.63. The van der Waals surface area contributed by atoms with Crippen LogP contribution >= 0.6 is 11.3 Å². The Balaban J connectivity index is 1.61. The third-order valence-corrected chi connectivity index (χ3v) is 9.22. The molecule has 31 heavy (non-hydrogen) atoms. The smallest absolute Gasteiger partial charge is 0.305 e. The first-order valence-electron chi connectivity index (χ1n) is 13.4. The molecule has 2 fully saturated rings. The van der Waals surface area contributed by atoms with Crippen molar-refractivity contribution in [2.24, 2.45) is 11.8 Å². The second-order valence-electron chi connectivity index (χ2n) is 10.2. The van der Waals surface area contributed by atoms with Crippen LogP contribution < -0.4 is 0 Å². The lowest BCUT2D eigenvalue weighted by molar-refractivity contribution is -0.140. The third-order valence-electron chi connectivity index (χ3n) is 8.16. The van der Waals surface area contributed by atoms with Gasteiger partial charge in [-0.05, 0) is 49.0 Å². The molecule has 2 aliphatic rings. The molecule has 1 aromatic rings. The van der Waals surface area contributed by atoms with Gasteiger partial charge in [0.1, 0.15) is 0 Å². The van der Waals surface area contributed by atoms with Crippen LogP contribution in [0.5, 0.6) is 0 Å². The second kappa shape index (κ2) is 13.7. The summed E-state index contributed by atoms with van der Waals surface area (Å²) in [5.74, 6) is 1.62. The van der Waals surface area contributed by atoms with Gasteiger partial charge in [0.25, 0.3) is 0 Å². The van der Waals surface area contributed by atoms with Gasteiger partial charge in [-0.2, -0.15) is 0 Å². The van der Waals surface area contributed by atoms with E-state index < -0.39 is 0 Å². The number of carbonyl (C=O) groups excluding carboxylic acids is 1. The molecule has 0 amide bonds. The molecule has 2 aliphatic carbocycles. The summed E-state index contributed by atoms with van der Waals surface area (Å²) in [6.07, 6.45) is 25.5. The highest BCUT2D eigenvalue weighted by Crippen LogP contribution is 2.67. The molecule has 3 heteroatoms. The van der Waals surface area contributed by atoms with E-state index in [1.165, 1.54) is 110 Å². The zero-order chi connectivity index (χ0) is 21.8. The fourth-order valence-corrected chi connectivity index (χ4v) is 7.49. The maximum atomic E-state index is 11.7. The van der Waals surface area contributed by atoms with Gasteiger partial charge in [0.15, 0.2) is 0 Å². The molecular weight excluding hydrogens is 400 g/mol. The molecule has 2 unspecified atom stereocenters. The molecule has 0 aromatic carbocycles. The third kappa shape index (κ3) is 7.34. The van der Waals surface area contributed by atoms with E-state index in [-0.39, 0.29) is 5.97 Å². The number of ether oxygens (including phenoxy) is 1. The Morgan fingerprint density at radius 3 is 1.77 bits per heavy atom. The van der Waals surface area contributed by atoms with E-state index >= 15 is 0 Å². The molecule has 2 nitrogen and oxygen atoms in total. The van der Waals surface area contributed by atoms with Crippen molar-refractivity contribution >= 4 is 17.3 Å². The lowest BCUT2D eigenvalue weighted by Gasteiger charge is -2.17. The van der Waals surface area contributed by atoms with Gasteiger partial charge in [0, 0.05) is 16.7 Å². The predicted octanol–water partition coefficient (Wildman–Crippen LogP) is 8.83. The standard InChI is InChI=1S/C28H46O2S/c1-30-27(29)21-16-22-28(26-20-17-23-31-26)24-18-14-12-10-8-6-4-2-3-5-7-9-11-13-15-19-25(24)28/h17,20,23-25H,2-16,18-19,21-22H2,1H3. The number of esters is 1. The van der Waals surface area contributed by atoms with Gasteiger partial charge in [0.2, 0.25) is 0 Å². The molecule has 0 N–H and O–H groups in total. The van der Waals surface area contributed by atoms with E-state index in [2.05, 4.69) is 17.5 Å². The van der Waals surface area contributed by atoms with Crippen LogP contribution in [-0.2, 0) is 14.9 Å². The summed E-state index contributed by atoms with van der Waals surface area (Å²) in [5, 5.41) is 2.26. The fraction of sp³-hybridized carbons (Fsp3) is 0.821. The summed E-state index contributed by atoms with van der Waals surface area (Å²) < 4.78 is 4.92. The van der Waals surface area contributed by atoms with Crippen LogP contribution in [0.25, 0.3) is 0 Å². The first-order valence-corrected chi connectivity index (χ1v) is 14.3. The molecule has 1 heterocycles. The van der Waals surface area contributed by atoms with Crippen LogP contribution in [0.15, 0.2) is 17.5 Å². The number of hydrogen-bond donors (Lipinski definition) is 0. The molecule has 1 aromatic heterocycles. The average Bonchev–Trinajstić information content (AvgIpc) is 3.12. The molecule has 0 bridgehead atoms. The Morgan fingerprint density at radius 1 is 0.871 bits per heavy atom. The zero-order valence-electron chi connectivity index (χ0n) is 20.0. The molecule has 0 saturated heterocycles. The minimum Gasteiger partial charge on any atom is -0.469 e. The van der Waals surface area contributed by atoms with Crippen molar-refractivity contribution in [1.29, 1.82) is 0 Å². The molecule has 2 atom stereocenters. The largest absolute Gasteiger partial charge is 0.469 e. The van der Waals surface area contributed by atoms with Gasteiger partial charge in [-0.1, -0.05) is 96.0 Å². The number of rotatable bonds is 5. The van der Waals surface area contributed by atoms with Gasteiger partial charge in [-0.15, -0.1) is 11.3 Å². The Bertz CT molecular complexity index is 585. The SMILES string of the molecule is COC(=O)CCCC1(c2cccs2)C2CCCCCCCCCCCCCCCCC21. The average molecular weight is 447 g/mol. The Hall–Kier alpha value is -0.830. The summed E-state index contributed by atoms with van der Waals surface area (Å²) in [4.78, 5) is 13.3. The second-order valence-corrected chi connectivity index (χ2v) is 11.1. The topological polar surface area (TPSA) is 26.3 Å². The van der Waals surface area contributed by atoms with Crippen molar-refractivity contribution in [3.63, 3.8) is 0 Å². The highest BCUT2D eigenvalue weighted by molar-refractivity contribution is 7.10. The van der Waals surface area contributed by atoms with Gasteiger partial charge >= 0.3 is 5.97 Å². The maximum Gasteiger partial charge on any atom is 0.305 e. The lowest BCUT2D eigenvalue weighted by Crippen LogP contribution is -2.12. The van der Waals surface area contributed by atoms with Crippen LogP contribution in [0.1, 0.15) is 127 Å². The monoisotopic (exact) mass is 446 g/mol. The quantitative estimate of drug-likeness (QED) is 0.422. The van der Waals surface area contributed by atoms with Crippen LogP contribution in [-0.4, -0.2) is 13.1 Å². The number of hydrogen-bond acceptors (Lipinski definition) is 3. The van der Waals surface area contributed by atoms with E-state index in [1.54, 1.807) is 4.88 Å². The molecule has 0 radical (unpaired) electrons. The Labute approximate surface area is 195 Å². The van der Waals surface area contributed by atoms with E-state index in [0.717, 1.165) is 24.7 Å². The maximum absolute atomic E-state index is 11.7. The minimum atomic E-state index is -0.0487. The molecule has 0 aliphatic heterocycles. The van der Waals surface area contributed by atoms with Crippen LogP contribution in [0.4, 0.5) is 0 Å². The summed E-state index contributed by atoms with van der Waals surface area (Å²) in [7, 11) is 1.52. The van der Waals surface area contributed by atoms with E-state index in [0.29, 0.717) is 11.8 Å². The number of thiophene rings is 1. The Morgan fingerprint density at radius 2 is 1.35 bits per heavy atom. The molecular formula is C28H46O2S. The number of carbonyl (C=O) groups is 1. The van der Waals surface area contributed by atoms with Gasteiger partial charge < -0.3 is 4.74 Å². The van der Waals surface area contributed by atoms with Crippen LogP contribution in [0, 0.1) is 11.8 Å². The highest BCUT2D eigenvalue weighted by atomic mass is 32.1. The Kier molecular flexibility index (Phi) is 10.9. The summed E-state index contributed by atoms with van der Waals surface area (Å²) in [6.45, 7) is 0. The van der Waals surface area contributed by atoms with E-state index in [4.69, 9.17) is 4.74 Å². The molecule has 0 spiro atoms. The van der Waals surface area contributed by atoms with Gasteiger partial charge in [0.05, 0.1) is 7.11 Å². The fourth-order valence-electron chi connectivity index (χ4n) is 6.40. The first-order chi connectivity index (χ1) is 15.3. The predicted molar refractivity (Wildman–Crippen MR) is 133 cm³/mol. The van der Waals surface area contributed by atoms with Crippen LogP contribution in [0.2, 0.25) is 0 Å². The minimum absolute atomic E-state index is 0.0487. The van der Waals surface area contributed by atoms with Crippen molar-refractivity contribution in [3.8, 4) is 0 Å². The summed E-state index contributed by atoms with van der Waals surface area (Å²) in [6, 6.07) is 4.61. The lowest BCUT2D eigenvalue weighted by atomic mass is 9.90. The molecule has 2 saturated carbocycles. The van der Waals surface area contributed by atoms with Gasteiger partial charge in [-0.25, -0.2) is 0 Å². The normalized spacial score (nSPS) is 29.3.